The quantitative estimate of drug-likeness (QED) is 0.922. The van der Waals surface area contributed by atoms with E-state index in [9.17, 15) is 9.90 Å². The standard InChI is InChI=1S/C12H9ClO3S/c1-16-8-4-2-3-7(11(8)12(14)15)9-5-6-10(13)17-9/h2-6H,1H3,(H,14,15). The monoisotopic (exact) mass is 268 g/mol. The Bertz CT molecular complexity index is 563. The summed E-state index contributed by atoms with van der Waals surface area (Å²) in [4.78, 5) is 12.1. The van der Waals surface area contributed by atoms with Crippen molar-refractivity contribution in [1.82, 2.24) is 0 Å². The highest BCUT2D eigenvalue weighted by Crippen LogP contribution is 2.36. The summed E-state index contributed by atoms with van der Waals surface area (Å²) < 4.78 is 5.69. The summed E-state index contributed by atoms with van der Waals surface area (Å²) in [5, 5.41) is 9.24. The van der Waals surface area contributed by atoms with Gasteiger partial charge in [0.05, 0.1) is 11.4 Å². The van der Waals surface area contributed by atoms with Gasteiger partial charge in [-0.05, 0) is 18.2 Å². The van der Waals surface area contributed by atoms with Gasteiger partial charge in [-0.15, -0.1) is 11.3 Å². The van der Waals surface area contributed by atoms with Crippen LogP contribution in [-0.2, 0) is 0 Å². The van der Waals surface area contributed by atoms with Gasteiger partial charge in [0.2, 0.25) is 0 Å². The van der Waals surface area contributed by atoms with Gasteiger partial charge in [0.1, 0.15) is 11.3 Å². The number of hydrogen-bond acceptors (Lipinski definition) is 3. The third-order valence-corrected chi connectivity index (χ3v) is 3.56. The molecule has 1 aromatic heterocycles. The average Bonchev–Trinajstić information content (AvgIpc) is 2.74. The summed E-state index contributed by atoms with van der Waals surface area (Å²) in [6.07, 6.45) is 0. The maximum Gasteiger partial charge on any atom is 0.340 e. The van der Waals surface area contributed by atoms with E-state index in [4.69, 9.17) is 16.3 Å². The Morgan fingerprint density at radius 3 is 2.65 bits per heavy atom. The molecule has 0 saturated heterocycles. The zero-order valence-electron chi connectivity index (χ0n) is 8.94. The van der Waals surface area contributed by atoms with Crippen molar-refractivity contribution in [2.24, 2.45) is 0 Å². The maximum absolute atomic E-state index is 11.3. The fourth-order valence-electron chi connectivity index (χ4n) is 1.59. The van der Waals surface area contributed by atoms with E-state index >= 15 is 0 Å². The average molecular weight is 269 g/mol. The third kappa shape index (κ3) is 2.28. The minimum absolute atomic E-state index is 0.161. The highest BCUT2D eigenvalue weighted by atomic mass is 35.5. The van der Waals surface area contributed by atoms with Gasteiger partial charge in [-0.1, -0.05) is 23.7 Å². The van der Waals surface area contributed by atoms with Crippen LogP contribution in [0, 0.1) is 0 Å². The van der Waals surface area contributed by atoms with Crippen molar-refractivity contribution < 1.29 is 14.6 Å². The Kier molecular flexibility index (Phi) is 3.36. The molecule has 0 aliphatic rings. The highest BCUT2D eigenvalue weighted by molar-refractivity contribution is 7.19. The number of carboxylic acid groups (broad SMARTS) is 1. The van der Waals surface area contributed by atoms with Gasteiger partial charge in [-0.3, -0.25) is 0 Å². The number of thiophene rings is 1. The number of methoxy groups -OCH3 is 1. The lowest BCUT2D eigenvalue weighted by Crippen LogP contribution is -2.02. The van der Waals surface area contributed by atoms with Crippen LogP contribution in [0.15, 0.2) is 30.3 Å². The Morgan fingerprint density at radius 1 is 1.35 bits per heavy atom. The number of carboxylic acids is 1. The molecule has 1 aromatic carbocycles. The molecular formula is C12H9ClO3S. The van der Waals surface area contributed by atoms with E-state index in [0.29, 0.717) is 15.6 Å². The molecule has 3 nitrogen and oxygen atoms in total. The molecule has 1 heterocycles. The normalized spacial score (nSPS) is 10.2. The van der Waals surface area contributed by atoms with Crippen LogP contribution in [0.3, 0.4) is 0 Å². The van der Waals surface area contributed by atoms with E-state index in [0.717, 1.165) is 4.88 Å². The summed E-state index contributed by atoms with van der Waals surface area (Å²) >= 11 is 7.19. The van der Waals surface area contributed by atoms with Crippen molar-refractivity contribution in [3.05, 3.63) is 40.2 Å². The lowest BCUT2D eigenvalue weighted by Gasteiger charge is -2.08. The predicted molar refractivity (Wildman–Crippen MR) is 68.3 cm³/mol. The first kappa shape index (κ1) is 12.0. The largest absolute Gasteiger partial charge is 0.496 e. The van der Waals surface area contributed by atoms with E-state index in [1.165, 1.54) is 18.4 Å². The lowest BCUT2D eigenvalue weighted by atomic mass is 10.1. The minimum atomic E-state index is -1.01. The molecule has 0 amide bonds. The van der Waals surface area contributed by atoms with Gasteiger partial charge in [-0.25, -0.2) is 4.79 Å². The van der Waals surface area contributed by atoms with Crippen LogP contribution < -0.4 is 4.74 Å². The van der Waals surface area contributed by atoms with Crippen LogP contribution >= 0.6 is 22.9 Å². The Labute approximate surface area is 107 Å². The molecule has 88 valence electrons. The van der Waals surface area contributed by atoms with Crippen LogP contribution in [0.2, 0.25) is 4.34 Å². The number of aromatic carboxylic acids is 1. The first-order chi connectivity index (χ1) is 8.13. The van der Waals surface area contributed by atoms with Gasteiger partial charge >= 0.3 is 5.97 Å². The summed E-state index contributed by atoms with van der Waals surface area (Å²) in [6.45, 7) is 0. The number of benzene rings is 1. The fraction of sp³-hybridized carbons (Fsp3) is 0.0833. The minimum Gasteiger partial charge on any atom is -0.496 e. The number of halogens is 1. The first-order valence-corrected chi connectivity index (χ1v) is 5.99. The van der Waals surface area contributed by atoms with Crippen molar-refractivity contribution in [3.63, 3.8) is 0 Å². The summed E-state index contributed by atoms with van der Waals surface area (Å²) in [5.74, 6) is -0.665. The summed E-state index contributed by atoms with van der Waals surface area (Å²) in [6, 6.07) is 8.67. The van der Waals surface area contributed by atoms with E-state index in [-0.39, 0.29) is 5.56 Å². The van der Waals surface area contributed by atoms with Crippen molar-refractivity contribution in [2.45, 2.75) is 0 Å². The second-order valence-electron chi connectivity index (χ2n) is 3.29. The van der Waals surface area contributed by atoms with Crippen molar-refractivity contribution in [3.8, 4) is 16.2 Å². The maximum atomic E-state index is 11.3. The zero-order valence-corrected chi connectivity index (χ0v) is 10.5. The Hall–Kier alpha value is -1.52. The molecule has 0 saturated carbocycles. The molecule has 0 unspecified atom stereocenters. The lowest BCUT2D eigenvalue weighted by molar-refractivity contribution is 0.0694. The second kappa shape index (κ2) is 4.77. The van der Waals surface area contributed by atoms with Crippen LogP contribution in [0.4, 0.5) is 0 Å². The number of carbonyl (C=O) groups is 1. The molecule has 0 bridgehead atoms. The summed E-state index contributed by atoms with van der Waals surface area (Å²) in [5.41, 5.74) is 0.780. The molecule has 2 rings (SSSR count). The molecule has 1 N–H and O–H groups in total. The van der Waals surface area contributed by atoms with Crippen molar-refractivity contribution in [1.29, 1.82) is 0 Å². The van der Waals surface area contributed by atoms with E-state index in [1.807, 2.05) is 0 Å². The SMILES string of the molecule is COc1cccc(-c2ccc(Cl)s2)c1C(=O)O. The van der Waals surface area contributed by atoms with Crippen LogP contribution in [0.1, 0.15) is 10.4 Å². The zero-order chi connectivity index (χ0) is 12.4. The smallest absolute Gasteiger partial charge is 0.340 e. The number of ether oxygens (including phenoxy) is 1. The molecule has 5 heteroatoms. The topological polar surface area (TPSA) is 46.5 Å². The van der Waals surface area contributed by atoms with Gasteiger partial charge in [0.25, 0.3) is 0 Å². The number of hydrogen-bond donors (Lipinski definition) is 1. The van der Waals surface area contributed by atoms with E-state index in [2.05, 4.69) is 0 Å². The number of rotatable bonds is 3. The van der Waals surface area contributed by atoms with Crippen molar-refractivity contribution in [2.75, 3.05) is 7.11 Å². The first-order valence-electron chi connectivity index (χ1n) is 4.79. The predicted octanol–water partition coefficient (Wildman–Crippen LogP) is 3.78. The molecule has 2 aromatic rings. The van der Waals surface area contributed by atoms with Crippen molar-refractivity contribution >= 4 is 28.9 Å². The van der Waals surface area contributed by atoms with Gasteiger partial charge < -0.3 is 9.84 Å². The van der Waals surface area contributed by atoms with E-state index in [1.54, 1.807) is 30.3 Å². The molecule has 0 aliphatic carbocycles. The van der Waals surface area contributed by atoms with Crippen LogP contribution in [0.25, 0.3) is 10.4 Å². The summed E-state index contributed by atoms with van der Waals surface area (Å²) in [7, 11) is 1.45. The molecule has 17 heavy (non-hydrogen) atoms. The molecule has 0 atom stereocenters. The van der Waals surface area contributed by atoms with Crippen LogP contribution in [-0.4, -0.2) is 18.2 Å². The molecule has 0 fully saturated rings. The molecule has 0 spiro atoms. The van der Waals surface area contributed by atoms with Gasteiger partial charge in [-0.2, -0.15) is 0 Å². The van der Waals surface area contributed by atoms with E-state index < -0.39 is 5.97 Å². The Morgan fingerprint density at radius 2 is 2.12 bits per heavy atom. The second-order valence-corrected chi connectivity index (χ2v) is 5.01. The third-order valence-electron chi connectivity index (χ3n) is 2.30. The Balaban J connectivity index is 2.65. The van der Waals surface area contributed by atoms with Crippen LogP contribution in [0.5, 0.6) is 5.75 Å². The fourth-order valence-corrected chi connectivity index (χ4v) is 2.66. The van der Waals surface area contributed by atoms with Gasteiger partial charge in [0, 0.05) is 10.4 Å². The molecule has 0 radical (unpaired) electrons. The highest BCUT2D eigenvalue weighted by Gasteiger charge is 2.18. The molecule has 0 aliphatic heterocycles. The molecular weight excluding hydrogens is 260 g/mol. The van der Waals surface area contributed by atoms with Gasteiger partial charge in [0.15, 0.2) is 0 Å².